The number of fused-ring (bicyclic) bond motifs is 1. The molecule has 2 aliphatic heterocycles. The molecule has 7 rings (SSSR count). The lowest BCUT2D eigenvalue weighted by molar-refractivity contribution is -0.0190. The van der Waals surface area contributed by atoms with Gasteiger partial charge in [0.1, 0.15) is 11.6 Å². The van der Waals surface area contributed by atoms with E-state index < -0.39 is 0 Å². The van der Waals surface area contributed by atoms with Crippen molar-refractivity contribution in [3.05, 3.63) is 70.2 Å². The standard InChI is InChI=1S/C37H42ClN5O2/c1-3-43(28-20-29(44)21-28)27-12-16-42(17-13-27)34-11-7-10-32(35(34)38)30-8-6-9-31(24(30)2)37-40-33-19-25(23-41-14-4-5-15-41)18-26(22-39)36(33)45-37/h6-11,18-19,27-29,44H,3-5,12-17,20-21,23H2,1-2H3. The lowest BCUT2D eigenvalue weighted by Gasteiger charge is -2.47. The zero-order chi connectivity index (χ0) is 31.1. The second-order valence-electron chi connectivity index (χ2n) is 13.1. The fourth-order valence-electron chi connectivity index (χ4n) is 7.79. The van der Waals surface area contributed by atoms with Gasteiger partial charge in [0.15, 0.2) is 5.58 Å². The molecule has 1 aromatic heterocycles. The number of nitrogens with zero attached hydrogens (tertiary/aromatic N) is 5. The Bertz CT molecular complexity index is 1720. The molecule has 0 radical (unpaired) electrons. The van der Waals surface area contributed by atoms with Gasteiger partial charge in [-0.2, -0.15) is 5.26 Å². The van der Waals surface area contributed by atoms with Gasteiger partial charge in [0.25, 0.3) is 0 Å². The fourth-order valence-corrected chi connectivity index (χ4v) is 8.14. The Morgan fingerprint density at radius 1 is 1.00 bits per heavy atom. The van der Waals surface area contributed by atoms with Gasteiger partial charge in [-0.05, 0) is 106 Å². The largest absolute Gasteiger partial charge is 0.435 e. The first-order valence-corrected chi connectivity index (χ1v) is 16.9. The topological polar surface area (TPSA) is 79.8 Å². The van der Waals surface area contributed by atoms with Crippen LogP contribution in [0.5, 0.6) is 0 Å². The van der Waals surface area contributed by atoms with Crippen LogP contribution in [0.3, 0.4) is 0 Å². The van der Waals surface area contributed by atoms with Gasteiger partial charge in [0, 0.05) is 42.8 Å². The molecule has 0 unspecified atom stereocenters. The van der Waals surface area contributed by atoms with Gasteiger partial charge in [-0.15, -0.1) is 0 Å². The molecule has 0 atom stereocenters. The van der Waals surface area contributed by atoms with Crippen LogP contribution in [-0.4, -0.2) is 70.8 Å². The average Bonchev–Trinajstić information content (AvgIpc) is 3.71. The van der Waals surface area contributed by atoms with Gasteiger partial charge in [0.05, 0.1) is 22.4 Å². The van der Waals surface area contributed by atoms with E-state index in [0.29, 0.717) is 29.1 Å². The van der Waals surface area contributed by atoms with Gasteiger partial charge >= 0.3 is 0 Å². The maximum absolute atomic E-state index is 9.93. The monoisotopic (exact) mass is 623 g/mol. The fraction of sp³-hybridized carbons (Fsp3) is 0.459. The molecule has 2 saturated heterocycles. The minimum absolute atomic E-state index is 0.122. The summed E-state index contributed by atoms with van der Waals surface area (Å²) in [6, 6.07) is 19.9. The van der Waals surface area contributed by atoms with E-state index in [2.05, 4.69) is 64.9 Å². The number of hydrogen-bond acceptors (Lipinski definition) is 7. The molecule has 3 heterocycles. The summed E-state index contributed by atoms with van der Waals surface area (Å²) < 4.78 is 6.29. The summed E-state index contributed by atoms with van der Waals surface area (Å²) in [4.78, 5) is 12.4. The highest BCUT2D eigenvalue weighted by molar-refractivity contribution is 6.36. The van der Waals surface area contributed by atoms with Gasteiger partial charge in [-0.3, -0.25) is 9.80 Å². The summed E-state index contributed by atoms with van der Waals surface area (Å²) in [5.41, 5.74) is 7.96. The highest BCUT2D eigenvalue weighted by atomic mass is 35.5. The van der Waals surface area contributed by atoms with E-state index in [1.807, 2.05) is 18.2 Å². The van der Waals surface area contributed by atoms with Crippen molar-refractivity contribution in [1.82, 2.24) is 14.8 Å². The number of aromatic nitrogens is 1. The molecular formula is C37H42ClN5O2. The number of rotatable bonds is 8. The maximum atomic E-state index is 9.93. The number of benzene rings is 3. The molecule has 3 aliphatic rings. The molecule has 234 valence electrons. The number of nitriles is 1. The molecule has 0 bridgehead atoms. The van der Waals surface area contributed by atoms with Crippen LogP contribution in [0.1, 0.15) is 62.1 Å². The molecule has 3 aromatic carbocycles. The molecule has 7 nitrogen and oxygen atoms in total. The van der Waals surface area contributed by atoms with Crippen LogP contribution in [0.2, 0.25) is 5.02 Å². The third-order valence-corrected chi connectivity index (χ3v) is 10.7. The van der Waals surface area contributed by atoms with Gasteiger partial charge in [0.2, 0.25) is 5.89 Å². The number of hydrogen-bond donors (Lipinski definition) is 1. The normalized spacial score (nSPS) is 21.0. The first kappa shape index (κ1) is 30.3. The highest BCUT2D eigenvalue weighted by Crippen LogP contribution is 2.41. The lowest BCUT2D eigenvalue weighted by atomic mass is 9.86. The predicted octanol–water partition coefficient (Wildman–Crippen LogP) is 7.41. The molecule has 4 aromatic rings. The van der Waals surface area contributed by atoms with Crippen molar-refractivity contribution in [2.75, 3.05) is 37.6 Å². The Morgan fingerprint density at radius 2 is 1.71 bits per heavy atom. The van der Waals surface area contributed by atoms with Crippen LogP contribution < -0.4 is 4.90 Å². The van der Waals surface area contributed by atoms with Crippen molar-refractivity contribution < 1.29 is 9.52 Å². The van der Waals surface area contributed by atoms with Crippen molar-refractivity contribution in [3.8, 4) is 28.7 Å². The van der Waals surface area contributed by atoms with Crippen molar-refractivity contribution in [2.24, 2.45) is 0 Å². The quantitative estimate of drug-likeness (QED) is 0.219. The Balaban J connectivity index is 1.14. The van der Waals surface area contributed by atoms with Gasteiger partial charge in [-0.25, -0.2) is 4.98 Å². The van der Waals surface area contributed by atoms with Crippen LogP contribution in [-0.2, 0) is 6.54 Å². The molecule has 1 aliphatic carbocycles. The van der Waals surface area contributed by atoms with E-state index >= 15 is 0 Å². The van der Waals surface area contributed by atoms with Gasteiger partial charge < -0.3 is 14.4 Å². The predicted molar refractivity (Wildman–Crippen MR) is 180 cm³/mol. The Kier molecular flexibility index (Phi) is 8.58. The van der Waals surface area contributed by atoms with Crippen molar-refractivity contribution in [1.29, 1.82) is 5.26 Å². The molecule has 0 amide bonds. The van der Waals surface area contributed by atoms with Crippen LogP contribution in [0.15, 0.2) is 52.9 Å². The summed E-state index contributed by atoms with van der Waals surface area (Å²) in [5.74, 6) is 0.521. The highest BCUT2D eigenvalue weighted by Gasteiger charge is 2.36. The summed E-state index contributed by atoms with van der Waals surface area (Å²) in [6.45, 7) is 10.3. The molecule has 0 spiro atoms. The van der Waals surface area contributed by atoms with E-state index in [-0.39, 0.29) is 6.10 Å². The Morgan fingerprint density at radius 3 is 2.42 bits per heavy atom. The SMILES string of the molecule is CCN(C1CCN(c2cccc(-c3cccc(-c4nc5cc(CN6CCCC6)cc(C#N)c5o4)c3C)c2Cl)CC1)C1CC(O)C1. The first-order valence-electron chi connectivity index (χ1n) is 16.6. The molecule has 8 heteroatoms. The second kappa shape index (κ2) is 12.8. The first-order chi connectivity index (χ1) is 21.9. The van der Waals surface area contributed by atoms with Crippen LogP contribution in [0, 0.1) is 18.3 Å². The van der Waals surface area contributed by atoms with Gasteiger partial charge in [-0.1, -0.05) is 42.8 Å². The zero-order valence-electron chi connectivity index (χ0n) is 26.3. The number of oxazole rings is 1. The number of anilines is 1. The van der Waals surface area contributed by atoms with Crippen molar-refractivity contribution >= 4 is 28.4 Å². The number of likely N-dealkylation sites (tertiary alicyclic amines) is 1. The number of halogens is 1. The third-order valence-electron chi connectivity index (χ3n) is 10.3. The molecule has 3 fully saturated rings. The molecule has 1 N–H and O–H groups in total. The summed E-state index contributed by atoms with van der Waals surface area (Å²) in [5, 5.41) is 20.5. The van der Waals surface area contributed by atoms with Crippen LogP contribution >= 0.6 is 11.6 Å². The van der Waals surface area contributed by atoms with Crippen LogP contribution in [0.4, 0.5) is 5.69 Å². The van der Waals surface area contributed by atoms with E-state index in [9.17, 15) is 10.4 Å². The molecule has 45 heavy (non-hydrogen) atoms. The molecular weight excluding hydrogens is 582 g/mol. The number of aliphatic hydroxyl groups is 1. The maximum Gasteiger partial charge on any atom is 0.227 e. The number of aliphatic hydroxyl groups excluding tert-OH is 1. The average molecular weight is 624 g/mol. The zero-order valence-corrected chi connectivity index (χ0v) is 27.1. The smallest absolute Gasteiger partial charge is 0.227 e. The third kappa shape index (κ3) is 5.86. The Labute approximate surface area is 271 Å². The van der Waals surface area contributed by atoms with Crippen LogP contribution in [0.25, 0.3) is 33.7 Å². The van der Waals surface area contributed by atoms with Crippen molar-refractivity contribution in [3.63, 3.8) is 0 Å². The molecule has 1 saturated carbocycles. The lowest BCUT2D eigenvalue weighted by Crippen LogP contribution is -2.54. The second-order valence-corrected chi connectivity index (χ2v) is 13.4. The number of piperidine rings is 1. The summed E-state index contributed by atoms with van der Waals surface area (Å²) in [6.07, 6.45) is 6.34. The van der Waals surface area contributed by atoms with E-state index in [1.54, 1.807) is 0 Å². The van der Waals surface area contributed by atoms with Crippen molar-refractivity contribution in [2.45, 2.75) is 77.1 Å². The van der Waals surface area contributed by atoms with E-state index in [4.69, 9.17) is 21.0 Å². The van der Waals surface area contributed by atoms with E-state index in [0.717, 1.165) is 109 Å². The van der Waals surface area contributed by atoms with E-state index in [1.165, 1.54) is 12.8 Å². The minimum atomic E-state index is -0.122. The minimum Gasteiger partial charge on any atom is -0.435 e. The summed E-state index contributed by atoms with van der Waals surface area (Å²) >= 11 is 7.20. The summed E-state index contributed by atoms with van der Waals surface area (Å²) in [7, 11) is 0. The Hall–Kier alpha value is -3.41.